The van der Waals surface area contributed by atoms with Gasteiger partial charge in [-0.2, -0.15) is 0 Å². The van der Waals surface area contributed by atoms with Gasteiger partial charge in [0.05, 0.1) is 10.6 Å². The molecule has 2 rings (SSSR count). The van der Waals surface area contributed by atoms with Crippen LogP contribution in [0.25, 0.3) is 0 Å². The van der Waals surface area contributed by atoms with Gasteiger partial charge in [0.1, 0.15) is 6.54 Å². The summed E-state index contributed by atoms with van der Waals surface area (Å²) in [6.45, 7) is -0.275. The lowest BCUT2D eigenvalue weighted by Gasteiger charge is -2.09. The minimum Gasteiger partial charge on any atom is -0.306 e. The molecule has 0 saturated heterocycles. The van der Waals surface area contributed by atoms with Gasteiger partial charge in [0.15, 0.2) is 9.84 Å². The standard InChI is InChI=1S/C16H16ClN3O5S/c17-12-4-6-13(7-5-12)26(24,25)10-8-14(21)18-19-15(22)11-20-9-2-1-3-16(20)23/h1-7,9H,8,10-11H2,(H,18,21)(H,19,22). The first-order valence-corrected chi connectivity index (χ1v) is 9.52. The van der Waals surface area contributed by atoms with Crippen molar-refractivity contribution < 1.29 is 18.0 Å². The van der Waals surface area contributed by atoms with Crippen LogP contribution in [0.2, 0.25) is 5.02 Å². The molecule has 26 heavy (non-hydrogen) atoms. The number of sulfone groups is 1. The number of hydrogen-bond acceptors (Lipinski definition) is 5. The quantitative estimate of drug-likeness (QED) is 0.689. The summed E-state index contributed by atoms with van der Waals surface area (Å²) in [4.78, 5) is 35.0. The molecule has 2 N–H and O–H groups in total. The Bertz CT molecular complexity index is 954. The van der Waals surface area contributed by atoms with Gasteiger partial charge in [0.2, 0.25) is 5.91 Å². The number of hydrazine groups is 1. The maximum absolute atomic E-state index is 12.1. The summed E-state index contributed by atoms with van der Waals surface area (Å²) < 4.78 is 25.4. The number of hydrogen-bond donors (Lipinski definition) is 2. The Morgan fingerprint density at radius 2 is 1.65 bits per heavy atom. The first-order chi connectivity index (χ1) is 12.3. The van der Waals surface area contributed by atoms with E-state index in [0.717, 1.165) is 4.57 Å². The third-order valence-corrected chi connectivity index (χ3v) is 5.31. The van der Waals surface area contributed by atoms with Crippen LogP contribution >= 0.6 is 11.6 Å². The van der Waals surface area contributed by atoms with Crippen LogP contribution in [0.1, 0.15) is 6.42 Å². The molecule has 0 spiro atoms. The largest absolute Gasteiger partial charge is 0.306 e. The third kappa shape index (κ3) is 5.71. The summed E-state index contributed by atoms with van der Waals surface area (Å²) in [7, 11) is -3.64. The summed E-state index contributed by atoms with van der Waals surface area (Å²) in [5.41, 5.74) is 3.89. The summed E-state index contributed by atoms with van der Waals surface area (Å²) in [6, 6.07) is 10.0. The van der Waals surface area contributed by atoms with Crippen LogP contribution < -0.4 is 16.4 Å². The monoisotopic (exact) mass is 397 g/mol. The zero-order valence-electron chi connectivity index (χ0n) is 13.5. The van der Waals surface area contributed by atoms with Gasteiger partial charge in [-0.1, -0.05) is 17.7 Å². The lowest BCUT2D eigenvalue weighted by Crippen LogP contribution is -2.44. The molecular weight excluding hydrogens is 382 g/mol. The van der Waals surface area contributed by atoms with Crippen molar-refractivity contribution in [3.63, 3.8) is 0 Å². The number of aromatic nitrogens is 1. The molecule has 10 heteroatoms. The number of pyridine rings is 1. The van der Waals surface area contributed by atoms with Gasteiger partial charge in [-0.3, -0.25) is 25.2 Å². The predicted molar refractivity (Wildman–Crippen MR) is 95.1 cm³/mol. The highest BCUT2D eigenvalue weighted by atomic mass is 35.5. The molecule has 138 valence electrons. The second kappa shape index (κ2) is 8.63. The average Bonchev–Trinajstić information content (AvgIpc) is 2.60. The normalized spacial score (nSPS) is 11.0. The Morgan fingerprint density at radius 1 is 1.00 bits per heavy atom. The Balaban J connectivity index is 1.81. The molecule has 0 aliphatic carbocycles. The van der Waals surface area contributed by atoms with E-state index in [0.29, 0.717) is 5.02 Å². The van der Waals surface area contributed by atoms with E-state index < -0.39 is 27.4 Å². The van der Waals surface area contributed by atoms with E-state index >= 15 is 0 Å². The van der Waals surface area contributed by atoms with Crippen molar-refractivity contribution in [1.82, 2.24) is 15.4 Å². The molecule has 2 aromatic rings. The maximum atomic E-state index is 12.1. The van der Waals surface area contributed by atoms with E-state index in [1.54, 1.807) is 12.1 Å². The second-order valence-corrected chi connectivity index (χ2v) is 7.83. The SMILES string of the molecule is O=C(CCS(=O)(=O)c1ccc(Cl)cc1)NNC(=O)Cn1ccccc1=O. The van der Waals surface area contributed by atoms with E-state index in [4.69, 9.17) is 11.6 Å². The molecule has 1 heterocycles. The van der Waals surface area contributed by atoms with Crippen molar-refractivity contribution in [2.24, 2.45) is 0 Å². The van der Waals surface area contributed by atoms with Gasteiger partial charge >= 0.3 is 0 Å². The van der Waals surface area contributed by atoms with Crippen LogP contribution in [0.15, 0.2) is 58.4 Å². The van der Waals surface area contributed by atoms with Gasteiger partial charge in [0.25, 0.3) is 11.5 Å². The maximum Gasteiger partial charge on any atom is 0.258 e. The summed E-state index contributed by atoms with van der Waals surface area (Å²) in [6.07, 6.45) is 1.10. The van der Waals surface area contributed by atoms with Gasteiger partial charge in [0, 0.05) is 23.7 Å². The van der Waals surface area contributed by atoms with Crippen molar-refractivity contribution >= 4 is 33.3 Å². The van der Waals surface area contributed by atoms with E-state index in [1.165, 1.54) is 36.5 Å². The average molecular weight is 398 g/mol. The fourth-order valence-corrected chi connectivity index (χ4v) is 3.34. The number of halogens is 1. The zero-order chi connectivity index (χ0) is 19.2. The highest BCUT2D eigenvalue weighted by Gasteiger charge is 2.16. The number of rotatable bonds is 6. The predicted octanol–water partition coefficient (Wildman–Crippen LogP) is 0.513. The van der Waals surface area contributed by atoms with Gasteiger partial charge in [-0.25, -0.2) is 8.42 Å². The minimum atomic E-state index is -3.64. The molecule has 0 radical (unpaired) electrons. The molecule has 2 amide bonds. The Hall–Kier alpha value is -2.65. The lowest BCUT2D eigenvalue weighted by atomic mass is 10.4. The van der Waals surface area contributed by atoms with Gasteiger partial charge < -0.3 is 4.57 Å². The molecular formula is C16H16ClN3O5S. The molecule has 0 aliphatic heterocycles. The van der Waals surface area contributed by atoms with Crippen molar-refractivity contribution in [2.75, 3.05) is 5.75 Å². The van der Waals surface area contributed by atoms with E-state index in [-0.39, 0.29) is 23.4 Å². The van der Waals surface area contributed by atoms with Crippen LogP contribution in [0.3, 0.4) is 0 Å². The topological polar surface area (TPSA) is 114 Å². The number of carbonyl (C=O) groups excluding carboxylic acids is 2. The summed E-state index contributed by atoms with van der Waals surface area (Å²) >= 11 is 5.71. The highest BCUT2D eigenvalue weighted by Crippen LogP contribution is 2.15. The smallest absolute Gasteiger partial charge is 0.258 e. The number of benzene rings is 1. The fraction of sp³-hybridized carbons (Fsp3) is 0.188. The van der Waals surface area contributed by atoms with Crippen LogP contribution in [0.4, 0.5) is 0 Å². The lowest BCUT2D eigenvalue weighted by molar-refractivity contribution is -0.129. The molecule has 1 aromatic heterocycles. The molecule has 0 saturated carbocycles. The van der Waals surface area contributed by atoms with Crippen LogP contribution in [-0.4, -0.2) is 30.6 Å². The van der Waals surface area contributed by atoms with Gasteiger partial charge in [-0.05, 0) is 30.3 Å². The minimum absolute atomic E-state index is 0.0576. The number of nitrogens with zero attached hydrogens (tertiary/aromatic N) is 1. The summed E-state index contributed by atoms with van der Waals surface area (Å²) in [5, 5.41) is 0.405. The molecule has 0 fully saturated rings. The number of amides is 2. The zero-order valence-corrected chi connectivity index (χ0v) is 15.1. The fourth-order valence-electron chi connectivity index (χ4n) is 1.97. The molecule has 1 aromatic carbocycles. The van der Waals surface area contributed by atoms with Crippen LogP contribution in [0, 0.1) is 0 Å². The molecule has 8 nitrogen and oxygen atoms in total. The van der Waals surface area contributed by atoms with Crippen LogP contribution in [0.5, 0.6) is 0 Å². The van der Waals surface area contributed by atoms with Crippen LogP contribution in [-0.2, 0) is 26.0 Å². The van der Waals surface area contributed by atoms with Gasteiger partial charge in [-0.15, -0.1) is 0 Å². The Labute approximate surface area is 154 Å². The first-order valence-electron chi connectivity index (χ1n) is 7.49. The molecule has 0 unspecified atom stereocenters. The van der Waals surface area contributed by atoms with E-state index in [2.05, 4.69) is 10.9 Å². The van der Waals surface area contributed by atoms with E-state index in [9.17, 15) is 22.8 Å². The second-order valence-electron chi connectivity index (χ2n) is 5.29. The first kappa shape index (κ1) is 19.7. The van der Waals surface area contributed by atoms with Crippen molar-refractivity contribution in [1.29, 1.82) is 0 Å². The molecule has 0 aliphatic rings. The van der Waals surface area contributed by atoms with Crippen molar-refractivity contribution in [3.8, 4) is 0 Å². The number of carbonyl (C=O) groups is 2. The molecule has 0 bridgehead atoms. The third-order valence-electron chi connectivity index (χ3n) is 3.32. The Kier molecular flexibility index (Phi) is 6.53. The van der Waals surface area contributed by atoms with Crippen molar-refractivity contribution in [3.05, 3.63) is 64.0 Å². The van der Waals surface area contributed by atoms with E-state index in [1.807, 2.05) is 0 Å². The summed E-state index contributed by atoms with van der Waals surface area (Å²) in [5.74, 6) is -1.71. The number of nitrogens with one attached hydrogen (secondary N) is 2. The van der Waals surface area contributed by atoms with Crippen molar-refractivity contribution in [2.45, 2.75) is 17.9 Å². The Morgan fingerprint density at radius 3 is 2.31 bits per heavy atom. The highest BCUT2D eigenvalue weighted by molar-refractivity contribution is 7.91. The molecule has 0 atom stereocenters.